The van der Waals surface area contributed by atoms with Crippen LogP contribution in [0.5, 0.6) is 0 Å². The highest BCUT2D eigenvalue weighted by atomic mass is 35.5. The quantitative estimate of drug-likeness (QED) is 0.658. The number of aromatic nitrogens is 4. The summed E-state index contributed by atoms with van der Waals surface area (Å²) in [6, 6.07) is 3.96. The lowest BCUT2D eigenvalue weighted by Crippen LogP contribution is -2.37. The largest absolute Gasteiger partial charge is 0.478 e. The van der Waals surface area contributed by atoms with Crippen molar-refractivity contribution < 1.29 is 14.6 Å². The van der Waals surface area contributed by atoms with E-state index in [9.17, 15) is 9.90 Å². The number of carbonyl (C=O) groups is 1. The summed E-state index contributed by atoms with van der Waals surface area (Å²) in [6.07, 6.45) is 6.26. The van der Waals surface area contributed by atoms with Gasteiger partial charge in [-0.2, -0.15) is 10.1 Å². The average Bonchev–Trinajstić information content (AvgIpc) is 3.30. The van der Waals surface area contributed by atoms with E-state index in [4.69, 9.17) is 21.3 Å². The molecule has 0 radical (unpaired) electrons. The highest BCUT2D eigenvalue weighted by Gasteiger charge is 2.22. The molecule has 0 saturated carbocycles. The average molecular weight is 443 g/mol. The second-order valence-electron chi connectivity index (χ2n) is 7.79. The third-order valence-electron chi connectivity index (χ3n) is 5.77. The van der Waals surface area contributed by atoms with Crippen LogP contribution in [0.15, 0.2) is 24.5 Å². The van der Waals surface area contributed by atoms with Gasteiger partial charge in [-0.3, -0.25) is 0 Å². The number of rotatable bonds is 4. The summed E-state index contributed by atoms with van der Waals surface area (Å²) in [6.45, 7) is 4.65. The molecule has 2 aliphatic rings. The Morgan fingerprint density at radius 3 is 2.52 bits per heavy atom. The molecule has 0 spiro atoms. The van der Waals surface area contributed by atoms with Crippen LogP contribution >= 0.6 is 11.6 Å². The van der Waals surface area contributed by atoms with Gasteiger partial charge in [0.25, 0.3) is 5.95 Å². The fourth-order valence-corrected chi connectivity index (χ4v) is 4.43. The van der Waals surface area contributed by atoms with Gasteiger partial charge in [0.2, 0.25) is 0 Å². The Bertz CT molecular complexity index is 1120. The number of piperidine rings is 1. The zero-order valence-corrected chi connectivity index (χ0v) is 17.8. The van der Waals surface area contributed by atoms with Gasteiger partial charge in [-0.15, -0.1) is 0 Å². The minimum Gasteiger partial charge on any atom is -0.478 e. The van der Waals surface area contributed by atoms with Gasteiger partial charge in [-0.1, -0.05) is 11.6 Å². The van der Waals surface area contributed by atoms with Crippen molar-refractivity contribution in [3.05, 3.63) is 35.1 Å². The lowest BCUT2D eigenvalue weighted by Gasteiger charge is -2.31. The maximum Gasteiger partial charge on any atom is 0.338 e. The highest BCUT2D eigenvalue weighted by molar-refractivity contribution is 6.34. The minimum atomic E-state index is -1.05. The Kier molecular flexibility index (Phi) is 5.37. The molecule has 1 N–H and O–H groups in total. The molecule has 3 aromatic rings. The van der Waals surface area contributed by atoms with Crippen LogP contribution in [0.1, 0.15) is 29.6 Å². The van der Waals surface area contributed by atoms with Crippen LogP contribution in [0.3, 0.4) is 0 Å². The van der Waals surface area contributed by atoms with Crippen molar-refractivity contribution in [2.45, 2.75) is 19.3 Å². The topological polar surface area (TPSA) is 96.6 Å². The van der Waals surface area contributed by atoms with E-state index in [1.54, 1.807) is 0 Å². The molecule has 0 atom stereocenters. The van der Waals surface area contributed by atoms with Gasteiger partial charge in [0.15, 0.2) is 0 Å². The number of hydrogen-bond donors (Lipinski definition) is 1. The first-order valence-corrected chi connectivity index (χ1v) is 10.9. The maximum atomic E-state index is 11.3. The van der Waals surface area contributed by atoms with Crippen LogP contribution in [0, 0.1) is 0 Å². The number of morpholine rings is 1. The van der Waals surface area contributed by atoms with Gasteiger partial charge in [-0.25, -0.2) is 14.5 Å². The number of hydrogen-bond acceptors (Lipinski definition) is 7. The van der Waals surface area contributed by atoms with Crippen molar-refractivity contribution in [2.24, 2.45) is 0 Å². The van der Waals surface area contributed by atoms with E-state index in [1.165, 1.54) is 23.5 Å². The molecule has 0 bridgehead atoms. The van der Waals surface area contributed by atoms with Gasteiger partial charge in [0.1, 0.15) is 5.82 Å². The number of fused-ring (bicyclic) bond motifs is 1. The minimum absolute atomic E-state index is 0.0788. The number of halogens is 1. The van der Waals surface area contributed by atoms with Gasteiger partial charge >= 0.3 is 5.97 Å². The zero-order valence-electron chi connectivity index (χ0n) is 17.0. The van der Waals surface area contributed by atoms with E-state index in [-0.39, 0.29) is 5.56 Å². The molecular weight excluding hydrogens is 420 g/mol. The molecule has 5 rings (SSSR count). The summed E-state index contributed by atoms with van der Waals surface area (Å²) >= 11 is 6.68. The van der Waals surface area contributed by atoms with Crippen LogP contribution in [-0.2, 0) is 4.74 Å². The number of carboxylic acid groups (broad SMARTS) is 1. The summed E-state index contributed by atoms with van der Waals surface area (Å²) in [5.74, 6) is 0.0449. The maximum absolute atomic E-state index is 11.3. The second-order valence-corrected chi connectivity index (χ2v) is 8.20. The first-order valence-electron chi connectivity index (χ1n) is 10.5. The first kappa shape index (κ1) is 20.0. The van der Waals surface area contributed by atoms with Gasteiger partial charge in [0.05, 0.1) is 41.2 Å². The monoisotopic (exact) mass is 442 g/mol. The third kappa shape index (κ3) is 3.90. The molecule has 4 heterocycles. The lowest BCUT2D eigenvalue weighted by molar-refractivity contribution is 0.0697. The summed E-state index contributed by atoms with van der Waals surface area (Å²) in [5, 5.41) is 14.9. The predicted octanol–water partition coefficient (Wildman–Crippen LogP) is 2.99. The van der Waals surface area contributed by atoms with Crippen molar-refractivity contribution in [1.29, 1.82) is 0 Å². The van der Waals surface area contributed by atoms with E-state index in [1.807, 2.05) is 6.07 Å². The fraction of sp³-hybridized carbons (Fsp3) is 0.429. The number of anilines is 2. The summed E-state index contributed by atoms with van der Waals surface area (Å²) < 4.78 is 6.91. The molecule has 31 heavy (non-hydrogen) atoms. The SMILES string of the molecule is O=C(O)c1cnn(-c2nc(N3CCOCC3)c3cc(N4CCCCC4)c(Cl)cc3n2)c1. The van der Waals surface area contributed by atoms with Crippen molar-refractivity contribution in [3.8, 4) is 5.95 Å². The van der Waals surface area contributed by atoms with Crippen LogP contribution in [-0.4, -0.2) is 70.2 Å². The standard InChI is InChI=1S/C21H23ClN6O3/c22-16-11-17-15(10-18(16)26-4-2-1-3-5-26)19(27-6-8-31-9-7-27)25-21(24-17)28-13-14(12-23-28)20(29)30/h10-13H,1-9H2,(H,29,30). The fourth-order valence-electron chi connectivity index (χ4n) is 4.15. The Labute approximate surface area is 184 Å². The molecule has 2 aliphatic heterocycles. The number of benzene rings is 1. The zero-order chi connectivity index (χ0) is 21.4. The van der Waals surface area contributed by atoms with E-state index in [2.05, 4.69) is 25.9 Å². The number of aromatic carboxylic acids is 1. The number of carboxylic acids is 1. The summed E-state index contributed by atoms with van der Waals surface area (Å²) in [5.41, 5.74) is 1.78. The second kappa shape index (κ2) is 8.32. The highest BCUT2D eigenvalue weighted by Crippen LogP contribution is 2.36. The molecule has 2 aromatic heterocycles. The predicted molar refractivity (Wildman–Crippen MR) is 118 cm³/mol. The van der Waals surface area contributed by atoms with E-state index in [0.29, 0.717) is 42.8 Å². The molecule has 2 fully saturated rings. The van der Waals surface area contributed by atoms with E-state index >= 15 is 0 Å². The number of nitrogens with zero attached hydrogens (tertiary/aromatic N) is 6. The van der Waals surface area contributed by atoms with Crippen molar-refractivity contribution >= 4 is 40.0 Å². The third-order valence-corrected chi connectivity index (χ3v) is 6.08. The van der Waals surface area contributed by atoms with Crippen molar-refractivity contribution in [2.75, 3.05) is 49.2 Å². The Balaban J connectivity index is 1.65. The summed E-state index contributed by atoms with van der Waals surface area (Å²) in [7, 11) is 0. The molecule has 0 unspecified atom stereocenters. The van der Waals surface area contributed by atoms with Gasteiger partial charge < -0.3 is 19.6 Å². The molecule has 10 heteroatoms. The molecule has 0 amide bonds. The Morgan fingerprint density at radius 2 is 1.81 bits per heavy atom. The van der Waals surface area contributed by atoms with Crippen molar-refractivity contribution in [1.82, 2.24) is 19.7 Å². The molecule has 162 valence electrons. The Morgan fingerprint density at radius 1 is 1.03 bits per heavy atom. The van der Waals surface area contributed by atoms with Crippen molar-refractivity contribution in [3.63, 3.8) is 0 Å². The molecule has 2 saturated heterocycles. The van der Waals surface area contributed by atoms with E-state index in [0.717, 1.165) is 42.8 Å². The van der Waals surface area contributed by atoms with Crippen LogP contribution in [0.4, 0.5) is 11.5 Å². The smallest absolute Gasteiger partial charge is 0.338 e. The first-order chi connectivity index (χ1) is 15.1. The molecular formula is C21H23ClN6O3. The van der Waals surface area contributed by atoms with Crippen LogP contribution < -0.4 is 9.80 Å². The molecule has 0 aliphatic carbocycles. The number of ether oxygens (including phenoxy) is 1. The lowest BCUT2D eigenvalue weighted by atomic mass is 10.1. The molecule has 1 aromatic carbocycles. The van der Waals surface area contributed by atoms with Gasteiger partial charge in [0, 0.05) is 37.8 Å². The van der Waals surface area contributed by atoms with Crippen LogP contribution in [0.2, 0.25) is 5.02 Å². The Hall–Kier alpha value is -2.91. The summed E-state index contributed by atoms with van der Waals surface area (Å²) in [4.78, 5) is 25.2. The van der Waals surface area contributed by atoms with Crippen LogP contribution in [0.25, 0.3) is 16.9 Å². The van der Waals surface area contributed by atoms with E-state index < -0.39 is 5.97 Å². The normalized spacial score (nSPS) is 17.3. The van der Waals surface area contributed by atoms with Gasteiger partial charge in [-0.05, 0) is 31.4 Å². The molecule has 9 nitrogen and oxygen atoms in total.